The van der Waals surface area contributed by atoms with Crippen molar-refractivity contribution in [2.45, 2.75) is 20.3 Å². The van der Waals surface area contributed by atoms with E-state index in [0.29, 0.717) is 17.8 Å². The maximum Gasteiger partial charge on any atom is 0.319 e. The molecule has 0 atom stereocenters. The first-order valence-corrected chi connectivity index (χ1v) is 7.20. The van der Waals surface area contributed by atoms with Crippen molar-refractivity contribution >= 4 is 17.6 Å². The number of hydrogen-bond donors (Lipinski definition) is 3. The maximum absolute atomic E-state index is 11.9. The summed E-state index contributed by atoms with van der Waals surface area (Å²) >= 11 is 0. The van der Waals surface area contributed by atoms with Gasteiger partial charge in [0.25, 0.3) is 0 Å². The molecule has 0 bridgehead atoms. The number of rotatable bonds is 8. The molecule has 1 rings (SSSR count). The molecule has 0 radical (unpaired) electrons. The molecule has 0 aromatic heterocycles. The van der Waals surface area contributed by atoms with E-state index in [1.54, 1.807) is 18.2 Å². The van der Waals surface area contributed by atoms with Crippen LogP contribution in [0.3, 0.4) is 0 Å². The Morgan fingerprint density at radius 1 is 1.19 bits per heavy atom. The quantitative estimate of drug-likeness (QED) is 0.672. The summed E-state index contributed by atoms with van der Waals surface area (Å²) in [5.74, 6) is -0.425. The number of para-hydroxylation sites is 1. The number of amides is 3. The van der Waals surface area contributed by atoms with Crippen LogP contribution in [0.5, 0.6) is 0 Å². The molecule has 0 aliphatic carbocycles. The summed E-state index contributed by atoms with van der Waals surface area (Å²) in [5, 5.41) is 5.55. The number of likely N-dealkylation sites (N-methyl/N-ethyl adjacent to an activating group) is 1. The second kappa shape index (κ2) is 8.97. The van der Waals surface area contributed by atoms with E-state index in [1.807, 2.05) is 6.07 Å². The van der Waals surface area contributed by atoms with Gasteiger partial charge in [0, 0.05) is 18.8 Å². The number of primary amides is 1. The van der Waals surface area contributed by atoms with E-state index in [4.69, 9.17) is 5.73 Å². The highest BCUT2D eigenvalue weighted by Gasteiger charge is 2.08. The van der Waals surface area contributed by atoms with Crippen LogP contribution in [-0.2, 0) is 11.2 Å². The molecule has 21 heavy (non-hydrogen) atoms. The Morgan fingerprint density at radius 2 is 1.86 bits per heavy atom. The zero-order valence-electron chi connectivity index (χ0n) is 12.7. The van der Waals surface area contributed by atoms with Crippen molar-refractivity contribution in [3.63, 3.8) is 0 Å². The van der Waals surface area contributed by atoms with Crippen molar-refractivity contribution in [2.75, 3.05) is 31.5 Å². The van der Waals surface area contributed by atoms with Gasteiger partial charge in [0.2, 0.25) is 5.91 Å². The standard InChI is InChI=1S/C15H24N4O2/c1-3-19(4-2)10-9-17-15(21)18-13-8-6-5-7-12(13)11-14(16)20/h5-8H,3-4,9-11H2,1-2H3,(H2,16,20)(H2,17,18,21). The third-order valence-corrected chi connectivity index (χ3v) is 3.24. The van der Waals surface area contributed by atoms with E-state index >= 15 is 0 Å². The van der Waals surface area contributed by atoms with Gasteiger partial charge in [-0.1, -0.05) is 32.0 Å². The van der Waals surface area contributed by atoms with E-state index in [1.165, 1.54) is 0 Å². The van der Waals surface area contributed by atoms with Gasteiger partial charge in [-0.05, 0) is 24.7 Å². The Morgan fingerprint density at radius 3 is 2.48 bits per heavy atom. The minimum atomic E-state index is -0.425. The third kappa shape index (κ3) is 6.27. The largest absolute Gasteiger partial charge is 0.369 e. The Kier molecular flexibility index (Phi) is 7.25. The molecule has 3 amide bonds. The number of urea groups is 1. The van der Waals surface area contributed by atoms with Crippen molar-refractivity contribution < 1.29 is 9.59 Å². The van der Waals surface area contributed by atoms with Gasteiger partial charge >= 0.3 is 6.03 Å². The molecule has 1 aromatic rings. The molecule has 0 heterocycles. The third-order valence-electron chi connectivity index (χ3n) is 3.24. The van der Waals surface area contributed by atoms with Gasteiger partial charge in [-0.25, -0.2) is 4.79 Å². The molecule has 0 unspecified atom stereocenters. The highest BCUT2D eigenvalue weighted by atomic mass is 16.2. The molecule has 0 spiro atoms. The Hall–Kier alpha value is -2.08. The SMILES string of the molecule is CCN(CC)CCNC(=O)Nc1ccccc1CC(N)=O. The molecule has 6 nitrogen and oxygen atoms in total. The Bertz CT molecular complexity index is 472. The lowest BCUT2D eigenvalue weighted by Gasteiger charge is -2.18. The topological polar surface area (TPSA) is 87.5 Å². The average molecular weight is 292 g/mol. The number of carbonyl (C=O) groups is 2. The van der Waals surface area contributed by atoms with Crippen molar-refractivity contribution in [1.82, 2.24) is 10.2 Å². The molecule has 1 aromatic carbocycles. The van der Waals surface area contributed by atoms with Gasteiger partial charge in [-0.3, -0.25) is 4.79 Å². The molecule has 6 heteroatoms. The number of carbonyl (C=O) groups excluding carboxylic acids is 2. The monoisotopic (exact) mass is 292 g/mol. The average Bonchev–Trinajstić information content (AvgIpc) is 2.45. The normalized spacial score (nSPS) is 10.4. The molecule has 0 saturated heterocycles. The summed E-state index contributed by atoms with van der Waals surface area (Å²) in [6.45, 7) is 7.48. The summed E-state index contributed by atoms with van der Waals surface area (Å²) in [6, 6.07) is 6.86. The van der Waals surface area contributed by atoms with Crippen LogP contribution < -0.4 is 16.4 Å². The maximum atomic E-state index is 11.9. The first-order valence-electron chi connectivity index (χ1n) is 7.20. The lowest BCUT2D eigenvalue weighted by Crippen LogP contribution is -2.37. The van der Waals surface area contributed by atoms with Crippen LogP contribution in [0.25, 0.3) is 0 Å². The van der Waals surface area contributed by atoms with Gasteiger partial charge in [-0.2, -0.15) is 0 Å². The van der Waals surface area contributed by atoms with Crippen LogP contribution in [0, 0.1) is 0 Å². The van der Waals surface area contributed by atoms with Gasteiger partial charge in [0.1, 0.15) is 0 Å². The van der Waals surface area contributed by atoms with E-state index < -0.39 is 5.91 Å². The predicted molar refractivity (Wildman–Crippen MR) is 84.1 cm³/mol. The van der Waals surface area contributed by atoms with Crippen molar-refractivity contribution in [2.24, 2.45) is 5.73 Å². The van der Waals surface area contributed by atoms with E-state index in [9.17, 15) is 9.59 Å². The second-order valence-electron chi connectivity index (χ2n) is 4.71. The minimum absolute atomic E-state index is 0.107. The fourth-order valence-electron chi connectivity index (χ4n) is 2.02. The van der Waals surface area contributed by atoms with Gasteiger partial charge in [0.05, 0.1) is 6.42 Å². The highest BCUT2D eigenvalue weighted by Crippen LogP contribution is 2.15. The molecule has 0 aliphatic heterocycles. The Balaban J connectivity index is 2.49. The molecule has 0 saturated carbocycles. The fraction of sp³-hybridized carbons (Fsp3) is 0.467. The van der Waals surface area contributed by atoms with Crippen LogP contribution >= 0.6 is 0 Å². The van der Waals surface area contributed by atoms with Gasteiger partial charge in [-0.15, -0.1) is 0 Å². The summed E-state index contributed by atoms with van der Waals surface area (Å²) in [6.07, 6.45) is 0.107. The van der Waals surface area contributed by atoms with Crippen molar-refractivity contribution in [1.29, 1.82) is 0 Å². The van der Waals surface area contributed by atoms with Crippen molar-refractivity contribution in [3.8, 4) is 0 Å². The van der Waals surface area contributed by atoms with Crippen LogP contribution in [0.15, 0.2) is 24.3 Å². The zero-order chi connectivity index (χ0) is 15.7. The van der Waals surface area contributed by atoms with Crippen LogP contribution in [0.2, 0.25) is 0 Å². The first kappa shape index (κ1) is 17.0. The van der Waals surface area contributed by atoms with Crippen LogP contribution in [-0.4, -0.2) is 43.0 Å². The number of nitrogens with zero attached hydrogens (tertiary/aromatic N) is 1. The smallest absolute Gasteiger partial charge is 0.319 e. The molecule has 0 aliphatic rings. The number of hydrogen-bond acceptors (Lipinski definition) is 3. The summed E-state index contributed by atoms with van der Waals surface area (Å²) in [5.41, 5.74) is 6.52. The summed E-state index contributed by atoms with van der Waals surface area (Å²) in [7, 11) is 0. The number of nitrogens with one attached hydrogen (secondary N) is 2. The molecule has 4 N–H and O–H groups in total. The number of benzene rings is 1. The fourth-order valence-corrected chi connectivity index (χ4v) is 2.02. The minimum Gasteiger partial charge on any atom is -0.369 e. The predicted octanol–water partition coefficient (Wildman–Crippen LogP) is 1.18. The lowest BCUT2D eigenvalue weighted by molar-refractivity contribution is -0.117. The summed E-state index contributed by atoms with van der Waals surface area (Å²) in [4.78, 5) is 25.1. The van der Waals surface area contributed by atoms with E-state index in [-0.39, 0.29) is 12.5 Å². The molecule has 116 valence electrons. The zero-order valence-corrected chi connectivity index (χ0v) is 12.7. The van der Waals surface area contributed by atoms with Crippen molar-refractivity contribution in [3.05, 3.63) is 29.8 Å². The molecule has 0 fully saturated rings. The van der Waals surface area contributed by atoms with Gasteiger partial charge < -0.3 is 21.3 Å². The molecular weight excluding hydrogens is 268 g/mol. The second-order valence-corrected chi connectivity index (χ2v) is 4.71. The first-order chi connectivity index (χ1) is 10.1. The Labute approximate surface area is 125 Å². The summed E-state index contributed by atoms with van der Waals surface area (Å²) < 4.78 is 0. The van der Waals surface area contributed by atoms with E-state index in [0.717, 1.165) is 19.6 Å². The van der Waals surface area contributed by atoms with Gasteiger partial charge in [0.15, 0.2) is 0 Å². The van der Waals surface area contributed by atoms with E-state index in [2.05, 4.69) is 29.4 Å². The highest BCUT2D eigenvalue weighted by molar-refractivity contribution is 5.91. The van der Waals surface area contributed by atoms with Crippen LogP contribution in [0.4, 0.5) is 10.5 Å². The lowest BCUT2D eigenvalue weighted by atomic mass is 10.1. The van der Waals surface area contributed by atoms with Crippen LogP contribution in [0.1, 0.15) is 19.4 Å². The number of anilines is 1. The number of nitrogens with two attached hydrogens (primary N) is 1. The molecular formula is C15H24N4O2.